The summed E-state index contributed by atoms with van der Waals surface area (Å²) in [4.78, 5) is 8.03. The van der Waals surface area contributed by atoms with Crippen molar-refractivity contribution in [3.63, 3.8) is 0 Å². The molecule has 20 heavy (non-hydrogen) atoms. The molecule has 2 heterocycles. The number of thiazole rings is 1. The van der Waals surface area contributed by atoms with Crippen molar-refractivity contribution in [2.24, 2.45) is 0 Å². The molecular formula is C12H11ClF3N3S. The van der Waals surface area contributed by atoms with Crippen LogP contribution in [0, 0.1) is 0 Å². The SMILES string of the molecule is CCC(Nc1cc(C(F)(F)F)cc(Cl)n1)c1nccs1. The first kappa shape index (κ1) is 15.1. The third-order valence-corrected chi connectivity index (χ3v) is 3.68. The number of nitrogens with one attached hydrogen (secondary N) is 1. The summed E-state index contributed by atoms with van der Waals surface area (Å²) in [5.74, 6) is 0.0897. The molecule has 0 aliphatic heterocycles. The molecule has 1 unspecified atom stereocenters. The lowest BCUT2D eigenvalue weighted by molar-refractivity contribution is -0.137. The molecule has 0 aliphatic carbocycles. The summed E-state index contributed by atoms with van der Waals surface area (Å²) in [5, 5.41) is 5.34. The van der Waals surface area contributed by atoms with Crippen molar-refractivity contribution in [2.75, 3.05) is 5.32 Å². The van der Waals surface area contributed by atoms with Gasteiger partial charge in [0.1, 0.15) is 16.0 Å². The van der Waals surface area contributed by atoms with Crippen molar-refractivity contribution in [3.8, 4) is 0 Å². The minimum absolute atomic E-state index is 0.0897. The van der Waals surface area contributed by atoms with Gasteiger partial charge in [-0.25, -0.2) is 9.97 Å². The molecule has 1 N–H and O–H groups in total. The molecule has 108 valence electrons. The van der Waals surface area contributed by atoms with Crippen LogP contribution >= 0.6 is 22.9 Å². The highest BCUT2D eigenvalue weighted by molar-refractivity contribution is 7.09. The highest BCUT2D eigenvalue weighted by atomic mass is 35.5. The van der Waals surface area contributed by atoms with E-state index in [0.717, 1.165) is 17.1 Å². The van der Waals surface area contributed by atoms with Crippen molar-refractivity contribution in [2.45, 2.75) is 25.6 Å². The maximum Gasteiger partial charge on any atom is 0.416 e. The van der Waals surface area contributed by atoms with E-state index in [-0.39, 0.29) is 17.0 Å². The van der Waals surface area contributed by atoms with Crippen LogP contribution in [0.2, 0.25) is 5.15 Å². The van der Waals surface area contributed by atoms with Gasteiger partial charge in [0.05, 0.1) is 11.6 Å². The summed E-state index contributed by atoms with van der Waals surface area (Å²) < 4.78 is 38.1. The maximum atomic E-state index is 12.7. The molecular weight excluding hydrogens is 311 g/mol. The van der Waals surface area contributed by atoms with Crippen molar-refractivity contribution < 1.29 is 13.2 Å². The summed E-state index contributed by atoms with van der Waals surface area (Å²) in [5.41, 5.74) is -0.825. The molecule has 3 nitrogen and oxygen atoms in total. The second-order valence-electron chi connectivity index (χ2n) is 4.04. The molecule has 0 fully saturated rings. The Balaban J connectivity index is 2.27. The van der Waals surface area contributed by atoms with Gasteiger partial charge in [-0.05, 0) is 18.6 Å². The van der Waals surface area contributed by atoms with E-state index in [2.05, 4.69) is 15.3 Å². The zero-order valence-electron chi connectivity index (χ0n) is 10.4. The lowest BCUT2D eigenvalue weighted by Gasteiger charge is -2.16. The Morgan fingerprint density at radius 2 is 2.15 bits per heavy atom. The molecule has 0 amide bonds. The molecule has 2 rings (SSSR count). The first-order chi connectivity index (χ1) is 9.40. The van der Waals surface area contributed by atoms with Crippen molar-refractivity contribution in [1.29, 1.82) is 0 Å². The predicted molar refractivity (Wildman–Crippen MR) is 73.0 cm³/mol. The molecule has 0 spiro atoms. The third-order valence-electron chi connectivity index (χ3n) is 2.60. The van der Waals surface area contributed by atoms with Gasteiger partial charge in [-0.3, -0.25) is 0 Å². The maximum absolute atomic E-state index is 12.7. The third kappa shape index (κ3) is 3.61. The van der Waals surface area contributed by atoms with E-state index in [0.29, 0.717) is 6.42 Å². The summed E-state index contributed by atoms with van der Waals surface area (Å²) in [6, 6.07) is 1.56. The first-order valence-electron chi connectivity index (χ1n) is 5.81. The molecule has 0 bridgehead atoms. The average molecular weight is 322 g/mol. The number of nitrogens with zero attached hydrogens (tertiary/aromatic N) is 2. The molecule has 0 saturated carbocycles. The van der Waals surface area contributed by atoms with Crippen LogP contribution in [0.4, 0.5) is 19.0 Å². The average Bonchev–Trinajstić information content (AvgIpc) is 2.88. The van der Waals surface area contributed by atoms with Gasteiger partial charge in [0, 0.05) is 11.6 Å². The van der Waals surface area contributed by atoms with Gasteiger partial charge < -0.3 is 5.32 Å². The number of hydrogen-bond donors (Lipinski definition) is 1. The summed E-state index contributed by atoms with van der Waals surface area (Å²) in [6.45, 7) is 1.91. The standard InChI is InChI=1S/C12H11ClF3N3S/c1-2-8(11-17-3-4-20-11)18-10-6-7(12(14,15)16)5-9(13)19-10/h3-6,8H,2H2,1H3,(H,18,19). The van der Waals surface area contributed by atoms with E-state index < -0.39 is 11.7 Å². The zero-order chi connectivity index (χ0) is 14.8. The normalized spacial score (nSPS) is 13.2. The van der Waals surface area contributed by atoms with E-state index >= 15 is 0 Å². The van der Waals surface area contributed by atoms with Gasteiger partial charge in [-0.1, -0.05) is 18.5 Å². The van der Waals surface area contributed by atoms with Crippen LogP contribution < -0.4 is 5.32 Å². The number of anilines is 1. The molecule has 8 heteroatoms. The Labute approximate surface area is 122 Å². The Kier molecular flexibility index (Phi) is 4.49. The van der Waals surface area contributed by atoms with Crippen LogP contribution in [0.15, 0.2) is 23.7 Å². The second-order valence-corrected chi connectivity index (χ2v) is 5.35. The minimum atomic E-state index is -4.45. The quantitative estimate of drug-likeness (QED) is 0.824. The van der Waals surface area contributed by atoms with Crippen LogP contribution in [0.25, 0.3) is 0 Å². The fourth-order valence-corrected chi connectivity index (χ4v) is 2.64. The first-order valence-corrected chi connectivity index (χ1v) is 7.06. The second kappa shape index (κ2) is 5.97. The number of halogens is 4. The van der Waals surface area contributed by atoms with Gasteiger partial charge in [-0.15, -0.1) is 11.3 Å². The lowest BCUT2D eigenvalue weighted by atomic mass is 10.2. The molecule has 2 aromatic heterocycles. The highest BCUT2D eigenvalue weighted by Gasteiger charge is 2.31. The Bertz CT molecular complexity index is 572. The van der Waals surface area contributed by atoms with Crippen LogP contribution in [0.5, 0.6) is 0 Å². The topological polar surface area (TPSA) is 37.8 Å². The Hall–Kier alpha value is -1.34. The number of hydrogen-bond acceptors (Lipinski definition) is 4. The van der Waals surface area contributed by atoms with E-state index in [1.807, 2.05) is 12.3 Å². The zero-order valence-corrected chi connectivity index (χ0v) is 12.0. The van der Waals surface area contributed by atoms with E-state index in [1.54, 1.807) is 6.20 Å². The fraction of sp³-hybridized carbons (Fsp3) is 0.333. The minimum Gasteiger partial charge on any atom is -0.361 e. The molecule has 0 radical (unpaired) electrons. The highest BCUT2D eigenvalue weighted by Crippen LogP contribution is 2.33. The molecule has 0 aromatic carbocycles. The van der Waals surface area contributed by atoms with E-state index in [9.17, 15) is 13.2 Å². The predicted octanol–water partition coefficient (Wildman–Crippen LogP) is 4.77. The van der Waals surface area contributed by atoms with Crippen LogP contribution in [0.3, 0.4) is 0 Å². The van der Waals surface area contributed by atoms with Crippen LogP contribution in [-0.2, 0) is 6.18 Å². The summed E-state index contributed by atoms with van der Waals surface area (Å²) in [7, 11) is 0. The monoisotopic (exact) mass is 321 g/mol. The lowest BCUT2D eigenvalue weighted by Crippen LogP contribution is -2.12. The van der Waals surface area contributed by atoms with Gasteiger partial charge in [0.15, 0.2) is 0 Å². The molecule has 0 aliphatic rings. The molecule has 0 saturated heterocycles. The fourth-order valence-electron chi connectivity index (χ4n) is 1.66. The number of alkyl halides is 3. The smallest absolute Gasteiger partial charge is 0.361 e. The molecule has 1 atom stereocenters. The van der Waals surface area contributed by atoms with Gasteiger partial charge in [0.25, 0.3) is 0 Å². The van der Waals surface area contributed by atoms with Gasteiger partial charge in [-0.2, -0.15) is 13.2 Å². The van der Waals surface area contributed by atoms with Crippen molar-refractivity contribution in [1.82, 2.24) is 9.97 Å². The van der Waals surface area contributed by atoms with Gasteiger partial charge in [0.2, 0.25) is 0 Å². The summed E-state index contributed by atoms with van der Waals surface area (Å²) in [6.07, 6.45) is -2.13. The largest absolute Gasteiger partial charge is 0.416 e. The van der Waals surface area contributed by atoms with Gasteiger partial charge >= 0.3 is 6.18 Å². The molecule has 2 aromatic rings. The summed E-state index contributed by atoms with van der Waals surface area (Å²) >= 11 is 7.08. The van der Waals surface area contributed by atoms with E-state index in [1.165, 1.54) is 11.3 Å². The number of pyridine rings is 1. The van der Waals surface area contributed by atoms with Crippen molar-refractivity contribution in [3.05, 3.63) is 39.4 Å². The number of rotatable bonds is 4. The van der Waals surface area contributed by atoms with Crippen LogP contribution in [0.1, 0.15) is 30.0 Å². The Morgan fingerprint density at radius 3 is 2.70 bits per heavy atom. The van der Waals surface area contributed by atoms with Crippen LogP contribution in [-0.4, -0.2) is 9.97 Å². The van der Waals surface area contributed by atoms with E-state index in [4.69, 9.17) is 11.6 Å². The Morgan fingerprint density at radius 1 is 1.40 bits per heavy atom. The van der Waals surface area contributed by atoms with Crippen molar-refractivity contribution >= 4 is 28.8 Å². The number of aromatic nitrogens is 2.